The maximum Gasteiger partial charge on any atom is 0.328 e. The summed E-state index contributed by atoms with van der Waals surface area (Å²) in [7, 11) is 1.51. The Kier molecular flexibility index (Phi) is 7.01. The first kappa shape index (κ1) is 16.8. The summed E-state index contributed by atoms with van der Waals surface area (Å²) < 4.78 is 10.7. The molecule has 0 aliphatic heterocycles. The quantitative estimate of drug-likeness (QED) is 0.708. The lowest BCUT2D eigenvalue weighted by Gasteiger charge is -2.11. The van der Waals surface area contributed by atoms with E-state index in [4.69, 9.17) is 14.6 Å². The molecule has 0 heterocycles. The number of methoxy groups -OCH3 is 1. The molecule has 1 rings (SSSR count). The van der Waals surface area contributed by atoms with Crippen molar-refractivity contribution < 1.29 is 24.2 Å². The van der Waals surface area contributed by atoms with Crippen LogP contribution in [0.5, 0.6) is 11.5 Å². The second-order valence-corrected chi connectivity index (χ2v) is 4.47. The summed E-state index contributed by atoms with van der Waals surface area (Å²) in [6.07, 6.45) is 4.31. The van der Waals surface area contributed by atoms with Crippen molar-refractivity contribution in [1.82, 2.24) is 0 Å². The van der Waals surface area contributed by atoms with Crippen LogP contribution >= 0.6 is 0 Å². The number of hydrogen-bond donors (Lipinski definition) is 1. The van der Waals surface area contributed by atoms with Gasteiger partial charge in [-0.15, -0.1) is 0 Å². The van der Waals surface area contributed by atoms with E-state index in [1.807, 2.05) is 6.92 Å². The fourth-order valence-electron chi connectivity index (χ4n) is 1.75. The van der Waals surface area contributed by atoms with Gasteiger partial charge >= 0.3 is 5.97 Å². The molecule has 114 valence electrons. The van der Waals surface area contributed by atoms with Crippen molar-refractivity contribution in [3.8, 4) is 11.5 Å². The molecule has 5 nitrogen and oxygen atoms in total. The molecule has 0 aromatic heterocycles. The van der Waals surface area contributed by atoms with Crippen LogP contribution in [-0.4, -0.2) is 30.6 Å². The van der Waals surface area contributed by atoms with Gasteiger partial charge in [-0.3, -0.25) is 4.79 Å². The van der Waals surface area contributed by atoms with Crippen LogP contribution in [0.3, 0.4) is 0 Å². The van der Waals surface area contributed by atoms with E-state index in [0.29, 0.717) is 36.5 Å². The van der Waals surface area contributed by atoms with Crippen molar-refractivity contribution in [3.63, 3.8) is 0 Å². The van der Waals surface area contributed by atoms with E-state index in [1.54, 1.807) is 18.2 Å². The third-order valence-corrected chi connectivity index (χ3v) is 2.77. The Bertz CT molecular complexity index is 519. The molecule has 0 bridgehead atoms. The molecule has 0 aliphatic rings. The van der Waals surface area contributed by atoms with Gasteiger partial charge in [0.15, 0.2) is 11.5 Å². The summed E-state index contributed by atoms with van der Waals surface area (Å²) in [5.74, 6) is 0.209. The van der Waals surface area contributed by atoms with E-state index in [1.165, 1.54) is 13.2 Å². The molecule has 1 aromatic carbocycles. The number of carboxylic acid groups (broad SMARTS) is 1. The Labute approximate surface area is 124 Å². The molecular weight excluding hydrogens is 272 g/mol. The standard InChI is InChI=1S/C16H20O5/c1-3-4-13(17)9-10-21-14-7-5-12(6-8-16(18)19)11-15(14)20-2/h5-8,11H,3-4,9-10H2,1-2H3,(H,18,19). The Morgan fingerprint density at radius 1 is 1.24 bits per heavy atom. The van der Waals surface area contributed by atoms with Crippen LogP contribution in [0, 0.1) is 0 Å². The molecule has 0 saturated carbocycles. The first-order valence-electron chi connectivity index (χ1n) is 6.80. The SMILES string of the molecule is CCCC(=O)CCOc1ccc(C=CC(=O)O)cc1OC. The Balaban J connectivity index is 2.66. The molecular formula is C16H20O5. The molecule has 0 amide bonds. The molecule has 0 atom stereocenters. The number of benzene rings is 1. The molecule has 0 saturated heterocycles. The fraction of sp³-hybridized carbons (Fsp3) is 0.375. The highest BCUT2D eigenvalue weighted by Crippen LogP contribution is 2.28. The van der Waals surface area contributed by atoms with Gasteiger partial charge in [0.1, 0.15) is 5.78 Å². The lowest BCUT2D eigenvalue weighted by Crippen LogP contribution is -2.06. The van der Waals surface area contributed by atoms with E-state index < -0.39 is 5.97 Å². The Morgan fingerprint density at radius 3 is 2.62 bits per heavy atom. The summed E-state index contributed by atoms with van der Waals surface area (Å²) in [5.41, 5.74) is 0.698. The summed E-state index contributed by atoms with van der Waals surface area (Å²) in [6, 6.07) is 5.11. The van der Waals surface area contributed by atoms with Gasteiger partial charge in [0.05, 0.1) is 13.7 Å². The number of hydrogen-bond acceptors (Lipinski definition) is 4. The number of aliphatic carboxylic acids is 1. The van der Waals surface area contributed by atoms with Crippen molar-refractivity contribution >= 4 is 17.8 Å². The number of ether oxygens (including phenoxy) is 2. The first-order valence-corrected chi connectivity index (χ1v) is 6.80. The van der Waals surface area contributed by atoms with Crippen LogP contribution in [0.4, 0.5) is 0 Å². The van der Waals surface area contributed by atoms with Crippen molar-refractivity contribution in [2.24, 2.45) is 0 Å². The molecule has 0 aliphatic carbocycles. The summed E-state index contributed by atoms with van der Waals surface area (Å²) in [6.45, 7) is 2.27. The van der Waals surface area contributed by atoms with Crippen molar-refractivity contribution in [2.45, 2.75) is 26.2 Å². The maximum atomic E-state index is 11.4. The Hall–Kier alpha value is -2.30. The predicted molar refractivity (Wildman–Crippen MR) is 79.7 cm³/mol. The molecule has 0 radical (unpaired) electrons. The fourth-order valence-corrected chi connectivity index (χ4v) is 1.75. The second kappa shape index (κ2) is 8.79. The van der Waals surface area contributed by atoms with Gasteiger partial charge in [-0.2, -0.15) is 0 Å². The monoisotopic (exact) mass is 292 g/mol. The van der Waals surface area contributed by atoms with Crippen LogP contribution < -0.4 is 9.47 Å². The molecule has 1 N–H and O–H groups in total. The third kappa shape index (κ3) is 6.12. The van der Waals surface area contributed by atoms with Crippen LogP contribution in [-0.2, 0) is 9.59 Å². The largest absolute Gasteiger partial charge is 0.493 e. The van der Waals surface area contributed by atoms with Crippen molar-refractivity contribution in [1.29, 1.82) is 0 Å². The molecule has 5 heteroatoms. The number of Topliss-reactive ketones (excluding diaryl/α,β-unsaturated/α-hetero) is 1. The zero-order chi connectivity index (χ0) is 15.7. The molecule has 0 unspecified atom stereocenters. The number of carbonyl (C=O) groups excluding carboxylic acids is 1. The highest BCUT2D eigenvalue weighted by molar-refractivity contribution is 5.85. The summed E-state index contributed by atoms with van der Waals surface area (Å²) in [5, 5.41) is 8.59. The van der Waals surface area contributed by atoms with Gasteiger partial charge in [0.2, 0.25) is 0 Å². The highest BCUT2D eigenvalue weighted by Gasteiger charge is 2.06. The van der Waals surface area contributed by atoms with Crippen LogP contribution in [0.2, 0.25) is 0 Å². The average Bonchev–Trinajstić information content (AvgIpc) is 2.46. The first-order chi connectivity index (χ1) is 10.1. The lowest BCUT2D eigenvalue weighted by molar-refractivity contribution is -0.131. The van der Waals surface area contributed by atoms with Crippen molar-refractivity contribution in [3.05, 3.63) is 29.8 Å². The third-order valence-electron chi connectivity index (χ3n) is 2.77. The second-order valence-electron chi connectivity index (χ2n) is 4.47. The van der Waals surface area contributed by atoms with Crippen LogP contribution in [0.15, 0.2) is 24.3 Å². The van der Waals surface area contributed by atoms with Gasteiger partial charge < -0.3 is 14.6 Å². The highest BCUT2D eigenvalue weighted by atomic mass is 16.5. The van der Waals surface area contributed by atoms with E-state index in [2.05, 4.69) is 0 Å². The Morgan fingerprint density at radius 2 is 2.00 bits per heavy atom. The van der Waals surface area contributed by atoms with Gasteiger partial charge in [0, 0.05) is 18.9 Å². The minimum atomic E-state index is -1.01. The normalized spacial score (nSPS) is 10.6. The van der Waals surface area contributed by atoms with E-state index >= 15 is 0 Å². The van der Waals surface area contributed by atoms with Gasteiger partial charge in [0.25, 0.3) is 0 Å². The maximum absolute atomic E-state index is 11.4. The number of ketones is 1. The predicted octanol–water partition coefficient (Wildman–Crippen LogP) is 2.93. The average molecular weight is 292 g/mol. The van der Waals surface area contributed by atoms with Crippen molar-refractivity contribution in [2.75, 3.05) is 13.7 Å². The minimum absolute atomic E-state index is 0.178. The van der Waals surface area contributed by atoms with E-state index in [9.17, 15) is 9.59 Å². The topological polar surface area (TPSA) is 72.8 Å². The number of carbonyl (C=O) groups is 2. The summed E-state index contributed by atoms with van der Waals surface area (Å²) >= 11 is 0. The van der Waals surface area contributed by atoms with E-state index in [0.717, 1.165) is 12.5 Å². The minimum Gasteiger partial charge on any atom is -0.493 e. The van der Waals surface area contributed by atoms with E-state index in [-0.39, 0.29) is 5.78 Å². The zero-order valence-corrected chi connectivity index (χ0v) is 12.3. The number of rotatable bonds is 9. The molecule has 0 fully saturated rings. The number of carboxylic acids is 1. The van der Waals surface area contributed by atoms with Gasteiger partial charge in [-0.05, 0) is 30.2 Å². The van der Waals surface area contributed by atoms with Crippen LogP contribution in [0.25, 0.3) is 6.08 Å². The van der Waals surface area contributed by atoms with Gasteiger partial charge in [-0.25, -0.2) is 4.79 Å². The molecule has 21 heavy (non-hydrogen) atoms. The zero-order valence-electron chi connectivity index (χ0n) is 12.3. The van der Waals surface area contributed by atoms with Crippen LogP contribution in [0.1, 0.15) is 31.7 Å². The summed E-state index contributed by atoms with van der Waals surface area (Å²) in [4.78, 5) is 21.9. The molecule has 0 spiro atoms. The van der Waals surface area contributed by atoms with Gasteiger partial charge in [-0.1, -0.05) is 13.0 Å². The smallest absolute Gasteiger partial charge is 0.328 e. The molecule has 1 aromatic rings. The lowest BCUT2D eigenvalue weighted by atomic mass is 10.2.